The lowest BCUT2D eigenvalue weighted by Crippen LogP contribution is -2.54. The largest absolute Gasteiger partial charge is 0.377 e. The Labute approximate surface area is 91.0 Å². The van der Waals surface area contributed by atoms with Crippen LogP contribution in [0.3, 0.4) is 0 Å². The maximum absolute atomic E-state index is 12.1. The van der Waals surface area contributed by atoms with Crippen LogP contribution in [-0.4, -0.2) is 50.2 Å². The highest BCUT2D eigenvalue weighted by Crippen LogP contribution is 2.29. The summed E-state index contributed by atoms with van der Waals surface area (Å²) < 4.78 is 5.41. The predicted octanol–water partition coefficient (Wildman–Crippen LogP) is 0.233. The number of ether oxygens (including phenoxy) is 1. The van der Waals surface area contributed by atoms with E-state index in [4.69, 9.17) is 4.74 Å². The Morgan fingerprint density at radius 2 is 2.33 bits per heavy atom. The SMILES string of the molecule is CNCC1COCCN1C(=O)C1CCC1. The number of amides is 1. The fraction of sp³-hybridized carbons (Fsp3) is 0.909. The number of rotatable bonds is 3. The van der Waals surface area contributed by atoms with Gasteiger partial charge in [0.1, 0.15) is 0 Å². The minimum Gasteiger partial charge on any atom is -0.377 e. The van der Waals surface area contributed by atoms with Crippen molar-refractivity contribution in [3.63, 3.8) is 0 Å². The molecule has 86 valence electrons. The molecular formula is C11H20N2O2. The Kier molecular flexibility index (Phi) is 3.59. The molecule has 4 nitrogen and oxygen atoms in total. The molecule has 0 aromatic carbocycles. The zero-order chi connectivity index (χ0) is 10.7. The average molecular weight is 212 g/mol. The quantitative estimate of drug-likeness (QED) is 0.728. The van der Waals surface area contributed by atoms with Crippen molar-refractivity contribution in [3.8, 4) is 0 Å². The zero-order valence-electron chi connectivity index (χ0n) is 9.37. The Morgan fingerprint density at radius 1 is 1.53 bits per heavy atom. The van der Waals surface area contributed by atoms with Gasteiger partial charge in [-0.05, 0) is 19.9 Å². The molecule has 4 heteroatoms. The molecule has 1 aliphatic heterocycles. The highest BCUT2D eigenvalue weighted by molar-refractivity contribution is 5.80. The van der Waals surface area contributed by atoms with Crippen LogP contribution in [-0.2, 0) is 9.53 Å². The molecular weight excluding hydrogens is 192 g/mol. The molecule has 0 aromatic rings. The van der Waals surface area contributed by atoms with Gasteiger partial charge in [-0.2, -0.15) is 0 Å². The molecule has 0 bridgehead atoms. The van der Waals surface area contributed by atoms with Crippen LogP contribution < -0.4 is 5.32 Å². The standard InChI is InChI=1S/C11H20N2O2/c1-12-7-10-8-15-6-5-13(10)11(14)9-3-2-4-9/h9-10,12H,2-8H2,1H3. The van der Waals surface area contributed by atoms with Crippen molar-refractivity contribution < 1.29 is 9.53 Å². The number of nitrogens with one attached hydrogen (secondary N) is 1. The number of likely N-dealkylation sites (N-methyl/N-ethyl adjacent to an activating group) is 1. The van der Waals surface area contributed by atoms with Crippen LogP contribution in [0.25, 0.3) is 0 Å². The van der Waals surface area contributed by atoms with E-state index in [0.29, 0.717) is 25.0 Å². The molecule has 1 unspecified atom stereocenters. The van der Waals surface area contributed by atoms with Crippen molar-refractivity contribution >= 4 is 5.91 Å². The summed E-state index contributed by atoms with van der Waals surface area (Å²) in [5.41, 5.74) is 0. The molecule has 1 heterocycles. The normalized spacial score (nSPS) is 27.5. The lowest BCUT2D eigenvalue weighted by atomic mass is 9.84. The molecule has 2 aliphatic rings. The summed E-state index contributed by atoms with van der Waals surface area (Å²) in [7, 11) is 1.92. The highest BCUT2D eigenvalue weighted by atomic mass is 16.5. The number of nitrogens with zero attached hydrogens (tertiary/aromatic N) is 1. The summed E-state index contributed by atoms with van der Waals surface area (Å²) >= 11 is 0. The first kappa shape index (κ1) is 10.9. The summed E-state index contributed by atoms with van der Waals surface area (Å²) in [6.07, 6.45) is 3.39. The van der Waals surface area contributed by atoms with Crippen molar-refractivity contribution in [2.75, 3.05) is 33.4 Å². The van der Waals surface area contributed by atoms with E-state index in [1.807, 2.05) is 11.9 Å². The van der Waals surface area contributed by atoms with Crippen LogP contribution in [0.15, 0.2) is 0 Å². The van der Waals surface area contributed by atoms with E-state index in [0.717, 1.165) is 25.9 Å². The first-order valence-electron chi connectivity index (χ1n) is 5.85. The highest BCUT2D eigenvalue weighted by Gasteiger charge is 2.34. The second kappa shape index (κ2) is 4.94. The first-order valence-corrected chi connectivity index (χ1v) is 5.85. The average Bonchev–Trinajstić information content (AvgIpc) is 2.16. The van der Waals surface area contributed by atoms with Gasteiger partial charge in [0.25, 0.3) is 0 Å². The minimum atomic E-state index is 0.233. The van der Waals surface area contributed by atoms with Crippen LogP contribution in [0.2, 0.25) is 0 Å². The van der Waals surface area contributed by atoms with Crippen LogP contribution in [0.5, 0.6) is 0 Å². The van der Waals surface area contributed by atoms with Gasteiger partial charge in [-0.15, -0.1) is 0 Å². The van der Waals surface area contributed by atoms with Crippen LogP contribution >= 0.6 is 0 Å². The van der Waals surface area contributed by atoms with Gasteiger partial charge in [0.05, 0.1) is 19.3 Å². The second-order valence-electron chi connectivity index (χ2n) is 4.45. The van der Waals surface area contributed by atoms with Gasteiger partial charge < -0.3 is 15.0 Å². The maximum Gasteiger partial charge on any atom is 0.226 e. The molecule has 15 heavy (non-hydrogen) atoms. The number of carbonyl (C=O) groups is 1. The van der Waals surface area contributed by atoms with Gasteiger partial charge in [-0.1, -0.05) is 6.42 Å². The Balaban J connectivity index is 1.93. The number of hydrogen-bond acceptors (Lipinski definition) is 3. The van der Waals surface area contributed by atoms with Crippen molar-refractivity contribution in [1.82, 2.24) is 10.2 Å². The molecule has 2 rings (SSSR count). The lowest BCUT2D eigenvalue weighted by Gasteiger charge is -2.39. The van der Waals surface area contributed by atoms with E-state index in [1.165, 1.54) is 6.42 Å². The van der Waals surface area contributed by atoms with Crippen LogP contribution in [0.4, 0.5) is 0 Å². The van der Waals surface area contributed by atoms with E-state index in [-0.39, 0.29) is 6.04 Å². The van der Waals surface area contributed by atoms with Crippen LogP contribution in [0, 0.1) is 5.92 Å². The molecule has 1 atom stereocenters. The smallest absolute Gasteiger partial charge is 0.226 e. The van der Waals surface area contributed by atoms with Gasteiger partial charge in [-0.25, -0.2) is 0 Å². The van der Waals surface area contributed by atoms with Gasteiger partial charge in [-0.3, -0.25) is 4.79 Å². The Hall–Kier alpha value is -0.610. The maximum atomic E-state index is 12.1. The second-order valence-corrected chi connectivity index (χ2v) is 4.45. The predicted molar refractivity (Wildman–Crippen MR) is 57.6 cm³/mol. The molecule has 2 fully saturated rings. The third-order valence-electron chi connectivity index (χ3n) is 3.40. The Bertz CT molecular complexity index is 227. The van der Waals surface area contributed by atoms with Crippen molar-refractivity contribution in [2.45, 2.75) is 25.3 Å². The number of morpholine rings is 1. The van der Waals surface area contributed by atoms with E-state index >= 15 is 0 Å². The van der Waals surface area contributed by atoms with E-state index in [2.05, 4.69) is 5.32 Å². The third-order valence-corrected chi connectivity index (χ3v) is 3.40. The molecule has 1 saturated heterocycles. The van der Waals surface area contributed by atoms with E-state index < -0.39 is 0 Å². The fourth-order valence-corrected chi connectivity index (χ4v) is 2.24. The van der Waals surface area contributed by atoms with Gasteiger partial charge in [0, 0.05) is 19.0 Å². The monoisotopic (exact) mass is 212 g/mol. The summed E-state index contributed by atoms with van der Waals surface area (Å²) in [6, 6.07) is 0.233. The third kappa shape index (κ3) is 2.32. The molecule has 0 aromatic heterocycles. The molecule has 0 radical (unpaired) electrons. The molecule has 1 amide bonds. The van der Waals surface area contributed by atoms with Gasteiger partial charge in [0.15, 0.2) is 0 Å². The topological polar surface area (TPSA) is 41.6 Å². The van der Waals surface area contributed by atoms with E-state index in [1.54, 1.807) is 0 Å². The summed E-state index contributed by atoms with van der Waals surface area (Å²) in [5.74, 6) is 0.659. The summed E-state index contributed by atoms with van der Waals surface area (Å²) in [5, 5.41) is 3.12. The van der Waals surface area contributed by atoms with Gasteiger partial charge >= 0.3 is 0 Å². The Morgan fingerprint density at radius 3 is 2.93 bits per heavy atom. The molecule has 1 saturated carbocycles. The van der Waals surface area contributed by atoms with E-state index in [9.17, 15) is 4.79 Å². The number of hydrogen-bond donors (Lipinski definition) is 1. The number of carbonyl (C=O) groups excluding carboxylic acids is 1. The molecule has 0 spiro atoms. The fourth-order valence-electron chi connectivity index (χ4n) is 2.24. The van der Waals surface area contributed by atoms with Crippen LogP contribution in [0.1, 0.15) is 19.3 Å². The van der Waals surface area contributed by atoms with Crippen molar-refractivity contribution in [1.29, 1.82) is 0 Å². The summed E-state index contributed by atoms with van der Waals surface area (Å²) in [6.45, 7) is 2.97. The first-order chi connectivity index (χ1) is 7.33. The van der Waals surface area contributed by atoms with Crippen molar-refractivity contribution in [2.24, 2.45) is 5.92 Å². The zero-order valence-corrected chi connectivity index (χ0v) is 9.37. The summed E-state index contributed by atoms with van der Waals surface area (Å²) in [4.78, 5) is 14.1. The minimum absolute atomic E-state index is 0.233. The van der Waals surface area contributed by atoms with Crippen molar-refractivity contribution in [3.05, 3.63) is 0 Å². The van der Waals surface area contributed by atoms with Gasteiger partial charge in [0.2, 0.25) is 5.91 Å². The molecule has 1 N–H and O–H groups in total. The lowest BCUT2D eigenvalue weighted by molar-refractivity contribution is -0.146. The molecule has 1 aliphatic carbocycles.